The minimum atomic E-state index is -5.98. The SMILES string of the molecule is CC(OC(F)(F)C(F)N1CCOCC1)C(F)(F)C(F)C(F)(F)F. The van der Waals surface area contributed by atoms with E-state index in [9.17, 15) is 39.5 Å². The molecule has 0 aromatic heterocycles. The second-order valence-electron chi connectivity index (χ2n) is 4.88. The molecule has 1 rings (SSSR count). The number of rotatable bonds is 6. The van der Waals surface area contributed by atoms with Crippen LogP contribution < -0.4 is 0 Å². The van der Waals surface area contributed by atoms with Gasteiger partial charge >= 0.3 is 18.2 Å². The Morgan fingerprint density at radius 2 is 1.43 bits per heavy atom. The van der Waals surface area contributed by atoms with Crippen LogP contribution in [0.3, 0.4) is 0 Å². The standard InChI is InChI=1S/C11H14F9NO2/c1-6(9(14,15)7(12)10(16,17)18)23-11(19,20)8(13)21-2-4-22-5-3-21/h6-8H,2-5H2,1H3. The maximum Gasteiger partial charge on any atom is 0.425 e. The molecule has 0 aromatic rings. The number of alkyl halides is 9. The first-order valence-corrected chi connectivity index (χ1v) is 6.40. The van der Waals surface area contributed by atoms with Crippen molar-refractivity contribution in [2.75, 3.05) is 26.3 Å². The summed E-state index contributed by atoms with van der Waals surface area (Å²) in [5, 5.41) is 0. The summed E-state index contributed by atoms with van der Waals surface area (Å²) in [6, 6.07) is 0. The van der Waals surface area contributed by atoms with Gasteiger partial charge in [-0.15, -0.1) is 0 Å². The van der Waals surface area contributed by atoms with Crippen molar-refractivity contribution in [1.82, 2.24) is 4.90 Å². The topological polar surface area (TPSA) is 21.7 Å². The van der Waals surface area contributed by atoms with Crippen molar-refractivity contribution in [3.8, 4) is 0 Å². The third kappa shape index (κ3) is 4.86. The molecule has 0 spiro atoms. The molecular formula is C11H14F9NO2. The van der Waals surface area contributed by atoms with Crippen LogP contribution in [-0.4, -0.2) is 68.0 Å². The first-order chi connectivity index (χ1) is 10.3. The molecule has 138 valence electrons. The van der Waals surface area contributed by atoms with Crippen molar-refractivity contribution in [3.05, 3.63) is 0 Å². The van der Waals surface area contributed by atoms with Crippen LogP contribution in [-0.2, 0) is 9.47 Å². The fourth-order valence-corrected chi connectivity index (χ4v) is 1.81. The summed E-state index contributed by atoms with van der Waals surface area (Å²) < 4.78 is 124. The van der Waals surface area contributed by atoms with E-state index in [0.29, 0.717) is 4.90 Å². The van der Waals surface area contributed by atoms with Crippen molar-refractivity contribution < 1.29 is 49.0 Å². The average molecular weight is 363 g/mol. The normalized spacial score (nSPS) is 22.7. The largest absolute Gasteiger partial charge is 0.425 e. The van der Waals surface area contributed by atoms with E-state index in [1.54, 1.807) is 0 Å². The van der Waals surface area contributed by atoms with Crippen molar-refractivity contribution in [1.29, 1.82) is 0 Å². The lowest BCUT2D eigenvalue weighted by molar-refractivity contribution is -0.357. The molecule has 0 aliphatic carbocycles. The number of nitrogens with zero attached hydrogens (tertiary/aromatic N) is 1. The highest BCUT2D eigenvalue weighted by atomic mass is 19.4. The zero-order chi connectivity index (χ0) is 18.1. The van der Waals surface area contributed by atoms with Gasteiger partial charge in [0, 0.05) is 13.1 Å². The molecule has 3 unspecified atom stereocenters. The van der Waals surface area contributed by atoms with Crippen LogP contribution in [0.5, 0.6) is 0 Å². The Morgan fingerprint density at radius 3 is 1.87 bits per heavy atom. The Hall–Kier alpha value is -0.750. The molecule has 0 aromatic carbocycles. The Labute approximate surface area is 125 Å². The summed E-state index contributed by atoms with van der Waals surface area (Å²) >= 11 is 0. The van der Waals surface area contributed by atoms with Gasteiger partial charge in [-0.25, -0.2) is 17.6 Å². The monoisotopic (exact) mass is 363 g/mol. The molecule has 1 aliphatic rings. The fraction of sp³-hybridized carbons (Fsp3) is 1.00. The van der Waals surface area contributed by atoms with Gasteiger partial charge in [0.25, 0.3) is 6.17 Å². The van der Waals surface area contributed by atoms with E-state index in [1.807, 2.05) is 0 Å². The predicted molar refractivity (Wildman–Crippen MR) is 58.7 cm³/mol. The molecule has 0 N–H and O–H groups in total. The van der Waals surface area contributed by atoms with Gasteiger partial charge in [-0.05, 0) is 6.92 Å². The fourth-order valence-electron chi connectivity index (χ4n) is 1.81. The van der Waals surface area contributed by atoms with Gasteiger partial charge < -0.3 is 9.47 Å². The van der Waals surface area contributed by atoms with Gasteiger partial charge in [0.05, 0.1) is 13.2 Å². The maximum atomic E-state index is 13.7. The number of ether oxygens (including phenoxy) is 2. The summed E-state index contributed by atoms with van der Waals surface area (Å²) in [5.41, 5.74) is 0. The Balaban J connectivity index is 2.78. The Kier molecular flexibility index (Phi) is 6.19. The third-order valence-electron chi connectivity index (χ3n) is 3.14. The first kappa shape index (κ1) is 20.3. The lowest BCUT2D eigenvalue weighted by Gasteiger charge is -2.36. The zero-order valence-corrected chi connectivity index (χ0v) is 11.7. The van der Waals surface area contributed by atoms with Crippen molar-refractivity contribution in [2.45, 2.75) is 43.7 Å². The van der Waals surface area contributed by atoms with Crippen LogP contribution in [0.2, 0.25) is 0 Å². The molecule has 1 aliphatic heterocycles. The van der Waals surface area contributed by atoms with Gasteiger partial charge in [-0.1, -0.05) is 0 Å². The summed E-state index contributed by atoms with van der Waals surface area (Å²) in [4.78, 5) is 0.519. The molecule has 1 fully saturated rings. The second kappa shape index (κ2) is 7.01. The predicted octanol–water partition coefficient (Wildman–Crippen LogP) is 3.15. The minimum Gasteiger partial charge on any atom is -0.379 e. The van der Waals surface area contributed by atoms with Gasteiger partial charge in [0.2, 0.25) is 6.30 Å². The van der Waals surface area contributed by atoms with Crippen molar-refractivity contribution in [2.24, 2.45) is 0 Å². The van der Waals surface area contributed by atoms with Gasteiger partial charge in [0.1, 0.15) is 6.10 Å². The number of hydrogen-bond acceptors (Lipinski definition) is 3. The summed E-state index contributed by atoms with van der Waals surface area (Å²) in [6.45, 7) is -0.664. The van der Waals surface area contributed by atoms with E-state index >= 15 is 0 Å². The zero-order valence-electron chi connectivity index (χ0n) is 11.7. The highest BCUT2D eigenvalue weighted by Gasteiger charge is 2.62. The third-order valence-corrected chi connectivity index (χ3v) is 3.14. The molecular weight excluding hydrogens is 349 g/mol. The van der Waals surface area contributed by atoms with E-state index < -0.39 is 36.8 Å². The highest BCUT2D eigenvalue weighted by molar-refractivity contribution is 4.89. The van der Waals surface area contributed by atoms with Crippen molar-refractivity contribution in [3.63, 3.8) is 0 Å². The number of hydrogen-bond donors (Lipinski definition) is 0. The van der Waals surface area contributed by atoms with Crippen LogP contribution in [0.1, 0.15) is 6.92 Å². The lowest BCUT2D eigenvalue weighted by atomic mass is 10.1. The number of halogens is 9. The van der Waals surface area contributed by atoms with Crippen LogP contribution in [0.15, 0.2) is 0 Å². The molecule has 0 amide bonds. The van der Waals surface area contributed by atoms with Crippen LogP contribution in [0, 0.1) is 0 Å². The Bertz CT molecular complexity index is 384. The highest BCUT2D eigenvalue weighted by Crippen LogP contribution is 2.40. The molecule has 3 atom stereocenters. The Morgan fingerprint density at radius 1 is 0.957 bits per heavy atom. The van der Waals surface area contributed by atoms with E-state index in [2.05, 4.69) is 4.74 Å². The van der Waals surface area contributed by atoms with Crippen LogP contribution in [0.4, 0.5) is 39.5 Å². The van der Waals surface area contributed by atoms with E-state index in [0.717, 1.165) is 0 Å². The summed E-state index contributed by atoms with van der Waals surface area (Å²) in [6.07, 6.45) is -22.0. The average Bonchev–Trinajstić information content (AvgIpc) is 2.45. The molecule has 3 nitrogen and oxygen atoms in total. The summed E-state index contributed by atoms with van der Waals surface area (Å²) in [5.74, 6) is -5.31. The van der Waals surface area contributed by atoms with Crippen molar-refractivity contribution >= 4 is 0 Å². The molecule has 0 saturated carbocycles. The quantitative estimate of drug-likeness (QED) is 0.535. The van der Waals surface area contributed by atoms with Crippen LogP contribution >= 0.6 is 0 Å². The smallest absolute Gasteiger partial charge is 0.379 e. The minimum absolute atomic E-state index is 0.0944. The first-order valence-electron chi connectivity index (χ1n) is 6.40. The molecule has 12 heteroatoms. The second-order valence-corrected chi connectivity index (χ2v) is 4.88. The number of morpholine rings is 1. The van der Waals surface area contributed by atoms with Crippen LogP contribution in [0.25, 0.3) is 0 Å². The molecule has 23 heavy (non-hydrogen) atoms. The van der Waals surface area contributed by atoms with Gasteiger partial charge in [-0.3, -0.25) is 4.90 Å². The molecule has 1 heterocycles. The van der Waals surface area contributed by atoms with E-state index in [1.165, 1.54) is 0 Å². The summed E-state index contributed by atoms with van der Waals surface area (Å²) in [7, 11) is 0. The molecule has 1 saturated heterocycles. The van der Waals surface area contributed by atoms with E-state index in [4.69, 9.17) is 4.74 Å². The maximum absolute atomic E-state index is 13.7. The van der Waals surface area contributed by atoms with Gasteiger partial charge in [-0.2, -0.15) is 22.0 Å². The van der Waals surface area contributed by atoms with E-state index in [-0.39, 0.29) is 33.2 Å². The van der Waals surface area contributed by atoms with Gasteiger partial charge in [0.15, 0.2) is 0 Å². The molecule has 0 radical (unpaired) electrons. The molecule has 0 bridgehead atoms. The lowest BCUT2D eigenvalue weighted by Crippen LogP contribution is -2.56.